The van der Waals surface area contributed by atoms with Crippen LogP contribution in [0, 0.1) is 0 Å². The minimum absolute atomic E-state index is 0.130. The lowest BCUT2D eigenvalue weighted by atomic mass is 9.42. The van der Waals surface area contributed by atoms with Crippen LogP contribution in [0.25, 0.3) is 71.6 Å². The number of para-hydroxylation sites is 2. The van der Waals surface area contributed by atoms with Crippen LogP contribution in [-0.2, 0) is 5.11 Å². The van der Waals surface area contributed by atoms with E-state index < -0.39 is 0 Å². The van der Waals surface area contributed by atoms with E-state index in [9.17, 15) is 0 Å². The fraction of sp³-hybridized carbons (Fsp3) is 0.0250. The quantitative estimate of drug-likeness (QED) is 0.170. The Kier molecular flexibility index (Phi) is 7.83. The lowest BCUT2D eigenvalue weighted by Gasteiger charge is -2.24. The summed E-state index contributed by atoms with van der Waals surface area (Å²) in [7, 11) is 18.1. The molecule has 0 aliphatic rings. The molecule has 1 aromatic heterocycles. The molecule has 0 amide bonds. The molecule has 0 atom stereocenters. The van der Waals surface area contributed by atoms with Gasteiger partial charge >= 0.3 is 0 Å². The van der Waals surface area contributed by atoms with E-state index in [0.29, 0.717) is 0 Å². The predicted octanol–water partition coefficient (Wildman–Crippen LogP) is -1.37. The van der Waals surface area contributed by atoms with Gasteiger partial charge in [0.15, 0.2) is 0 Å². The van der Waals surface area contributed by atoms with Crippen molar-refractivity contribution in [2.75, 3.05) is 0 Å². The molecule has 1 heterocycles. The summed E-state index contributed by atoms with van der Waals surface area (Å²) >= 11 is 0. The minimum Gasteiger partial charge on any atom is -0.298 e. The summed E-state index contributed by atoms with van der Waals surface area (Å²) in [5.41, 5.74) is 17.8. The van der Waals surface area contributed by atoms with Crippen LogP contribution in [0.15, 0.2) is 121 Å². The van der Waals surface area contributed by atoms with Crippen LogP contribution in [0.4, 0.5) is 0 Å². The molecule has 0 saturated heterocycles. The molecular formula is C40H36B8N2. The topological polar surface area (TPSA) is 17.8 Å². The van der Waals surface area contributed by atoms with Crippen molar-refractivity contribution in [3.63, 3.8) is 0 Å². The normalized spacial score (nSPS) is 11.8. The van der Waals surface area contributed by atoms with E-state index in [1.54, 1.807) is 0 Å². The van der Waals surface area contributed by atoms with Crippen molar-refractivity contribution in [3.8, 4) is 39.1 Å². The number of rotatable bonds is 5. The number of fused-ring (bicyclic) bond motifs is 3. The van der Waals surface area contributed by atoms with E-state index in [4.69, 9.17) is 4.98 Å². The van der Waals surface area contributed by atoms with E-state index in [1.807, 2.05) is 0 Å². The Morgan fingerprint density at radius 2 is 0.940 bits per heavy atom. The van der Waals surface area contributed by atoms with Crippen LogP contribution in [0.5, 0.6) is 0 Å². The Labute approximate surface area is 302 Å². The van der Waals surface area contributed by atoms with Crippen molar-refractivity contribution in [3.05, 3.63) is 127 Å². The first-order valence-corrected chi connectivity index (χ1v) is 17.7. The maximum absolute atomic E-state index is 5.13. The Morgan fingerprint density at radius 1 is 0.460 bits per heavy atom. The highest BCUT2D eigenvalue weighted by atomic mass is 15.1. The zero-order valence-corrected chi connectivity index (χ0v) is 30.4. The fourth-order valence-electron chi connectivity index (χ4n) is 8.14. The summed E-state index contributed by atoms with van der Waals surface area (Å²) in [4.78, 5) is 5.13. The van der Waals surface area contributed by atoms with E-state index >= 15 is 0 Å². The van der Waals surface area contributed by atoms with Crippen molar-refractivity contribution >= 4 is 123 Å². The van der Waals surface area contributed by atoms with E-state index in [2.05, 4.69) is 189 Å². The van der Waals surface area contributed by atoms with Gasteiger partial charge in [-0.05, 0) is 79.2 Å². The van der Waals surface area contributed by atoms with Gasteiger partial charge in [0, 0.05) is 5.69 Å². The van der Waals surface area contributed by atoms with Crippen molar-refractivity contribution in [1.29, 1.82) is 0 Å². The highest BCUT2D eigenvalue weighted by Gasteiger charge is 2.25. The minimum atomic E-state index is -0.130. The van der Waals surface area contributed by atoms with E-state index in [0.717, 1.165) is 22.5 Å². The van der Waals surface area contributed by atoms with Crippen LogP contribution in [0.2, 0.25) is 0 Å². The molecule has 0 fully saturated rings. The van der Waals surface area contributed by atoms with Gasteiger partial charge in [0.25, 0.3) is 0 Å². The Morgan fingerprint density at radius 3 is 1.52 bits per heavy atom. The monoisotopic (exact) mass is 632 g/mol. The average Bonchev–Trinajstić information content (AvgIpc) is 3.53. The van der Waals surface area contributed by atoms with Gasteiger partial charge in [-0.1, -0.05) is 113 Å². The fourth-order valence-corrected chi connectivity index (χ4v) is 8.14. The summed E-state index contributed by atoms with van der Waals surface area (Å²) in [6, 6.07) is 44.5. The first-order valence-electron chi connectivity index (χ1n) is 17.7. The summed E-state index contributed by atoms with van der Waals surface area (Å²) in [5.74, 6) is 1.06. The van der Waals surface area contributed by atoms with Gasteiger partial charge in [-0.2, -0.15) is 0 Å². The third-order valence-corrected chi connectivity index (χ3v) is 11.0. The Balaban J connectivity index is 1.43. The van der Waals surface area contributed by atoms with Gasteiger partial charge in [-0.25, -0.2) is 4.98 Å². The Bertz CT molecular complexity index is 2570. The largest absolute Gasteiger partial charge is 0.298 e. The standard InChI is InChI=1S/C40H36B8N2/c41-34-33(35(42)37(44)38(45)36(34)43)28-17-6-5-16-27(28)32-25-14-3-1-12-23(25)31(24-13-2-4-15-26(24)32)21-10-9-11-22(20-21)50-30-19-8-7-18-29(30)49-39(50)40(46,47)48/h1-20H,41-48H2. The molecule has 0 spiro atoms. The smallest absolute Gasteiger partial charge is 0.139 e. The molecule has 230 valence electrons. The maximum Gasteiger partial charge on any atom is 0.139 e. The molecule has 2 nitrogen and oxygen atoms in total. The summed E-state index contributed by atoms with van der Waals surface area (Å²) in [6.07, 6.45) is 0. The SMILES string of the molecule is Bc1c(B)c(B)c(-c2ccccc2-c2c3ccccc3c(-c3cccc(-n4c(C(B)(B)B)nc5ccccc54)c3)c3ccccc23)c(B)c1B. The van der Waals surface area contributed by atoms with Crippen molar-refractivity contribution < 1.29 is 0 Å². The molecule has 8 rings (SSSR count). The van der Waals surface area contributed by atoms with Crippen molar-refractivity contribution in [2.45, 2.75) is 5.11 Å². The lowest BCUT2D eigenvalue weighted by Crippen LogP contribution is -2.55. The summed E-state index contributed by atoms with van der Waals surface area (Å²) < 4.78 is 2.35. The lowest BCUT2D eigenvalue weighted by molar-refractivity contribution is 0.930. The average molecular weight is 631 g/mol. The molecule has 0 aliphatic carbocycles. The molecule has 7 aromatic carbocycles. The highest BCUT2D eigenvalue weighted by Crippen LogP contribution is 2.46. The van der Waals surface area contributed by atoms with Gasteiger partial charge in [0.1, 0.15) is 39.2 Å². The molecule has 0 saturated carbocycles. The number of benzene rings is 7. The number of aromatic nitrogens is 2. The van der Waals surface area contributed by atoms with Crippen LogP contribution < -0.4 is 27.3 Å². The first-order chi connectivity index (χ1) is 24.1. The number of nitrogens with zero attached hydrogens (tertiary/aromatic N) is 2. The van der Waals surface area contributed by atoms with Crippen molar-refractivity contribution in [1.82, 2.24) is 9.55 Å². The second-order valence-electron chi connectivity index (χ2n) is 14.9. The maximum atomic E-state index is 5.13. The number of hydrogen-bond donors (Lipinski definition) is 0. The Hall–Kier alpha value is -4.95. The molecule has 0 bridgehead atoms. The molecule has 0 aliphatic heterocycles. The van der Waals surface area contributed by atoms with Gasteiger partial charge in [0.05, 0.1) is 40.4 Å². The molecular weight excluding hydrogens is 595 g/mol. The first kappa shape index (κ1) is 32.3. The molecule has 8 aromatic rings. The van der Waals surface area contributed by atoms with E-state index in [1.165, 1.54) is 82.2 Å². The molecule has 10 heteroatoms. The second kappa shape index (κ2) is 12.1. The van der Waals surface area contributed by atoms with Crippen LogP contribution in [0.1, 0.15) is 5.82 Å². The molecule has 0 radical (unpaired) electrons. The van der Waals surface area contributed by atoms with Gasteiger partial charge in [-0.15, -0.1) is 16.4 Å². The van der Waals surface area contributed by atoms with Gasteiger partial charge < -0.3 is 0 Å². The third kappa shape index (κ3) is 5.03. The van der Waals surface area contributed by atoms with Crippen LogP contribution in [-0.4, -0.2) is 72.3 Å². The molecule has 0 N–H and O–H groups in total. The van der Waals surface area contributed by atoms with Crippen LogP contribution in [0.3, 0.4) is 0 Å². The highest BCUT2D eigenvalue weighted by molar-refractivity contribution is 6.68. The van der Waals surface area contributed by atoms with Gasteiger partial charge in [0.2, 0.25) is 0 Å². The van der Waals surface area contributed by atoms with E-state index in [-0.39, 0.29) is 5.11 Å². The number of imidazole rings is 1. The number of hydrogen-bond acceptors (Lipinski definition) is 1. The predicted molar refractivity (Wildman–Crippen MR) is 241 cm³/mol. The third-order valence-electron chi connectivity index (χ3n) is 11.0. The zero-order valence-electron chi connectivity index (χ0n) is 30.4. The zero-order chi connectivity index (χ0) is 34.9. The van der Waals surface area contributed by atoms with Crippen molar-refractivity contribution in [2.24, 2.45) is 0 Å². The second-order valence-corrected chi connectivity index (χ2v) is 14.9. The summed E-state index contributed by atoms with van der Waals surface area (Å²) in [5, 5.41) is 4.90. The van der Waals surface area contributed by atoms with Crippen LogP contribution >= 0.6 is 0 Å². The molecule has 50 heavy (non-hydrogen) atoms. The molecule has 0 unspecified atom stereocenters. The van der Waals surface area contributed by atoms with Gasteiger partial charge in [-0.3, -0.25) is 4.57 Å². The summed E-state index contributed by atoms with van der Waals surface area (Å²) in [6.45, 7) is 0.